The molecule has 0 aliphatic carbocycles. The topological polar surface area (TPSA) is 90.4 Å². The molecule has 0 aliphatic heterocycles. The van der Waals surface area contributed by atoms with Crippen molar-refractivity contribution < 1.29 is 9.90 Å². The van der Waals surface area contributed by atoms with Gasteiger partial charge in [-0.1, -0.05) is 30.3 Å². The van der Waals surface area contributed by atoms with E-state index in [1.54, 1.807) is 6.21 Å². The van der Waals surface area contributed by atoms with Gasteiger partial charge in [-0.05, 0) is 60.9 Å². The number of aromatic nitrogens is 1. The molecule has 6 heteroatoms. The monoisotopic (exact) mass is 422 g/mol. The molecule has 3 aromatic carbocycles. The van der Waals surface area contributed by atoms with Crippen molar-refractivity contribution in [3.05, 3.63) is 100 Å². The summed E-state index contributed by atoms with van der Waals surface area (Å²) in [5.74, 6) is -0.623. The molecule has 1 aromatic heterocycles. The Balaban J connectivity index is 1.54. The number of nitrogens with one attached hydrogen (secondary N) is 1. The van der Waals surface area contributed by atoms with E-state index < -0.39 is 5.91 Å². The molecule has 158 valence electrons. The van der Waals surface area contributed by atoms with Gasteiger partial charge >= 0.3 is 0 Å². The first-order chi connectivity index (χ1) is 15.5. The Morgan fingerprint density at radius 2 is 1.97 bits per heavy atom. The molecular formula is C26H22N4O2. The van der Waals surface area contributed by atoms with E-state index in [0.29, 0.717) is 0 Å². The Labute approximate surface area is 186 Å². The molecule has 0 bridgehead atoms. The van der Waals surface area contributed by atoms with E-state index in [1.165, 1.54) is 34.9 Å². The molecule has 0 aliphatic rings. The zero-order valence-corrected chi connectivity index (χ0v) is 17.8. The van der Waals surface area contributed by atoms with E-state index in [2.05, 4.69) is 59.4 Å². The summed E-state index contributed by atoms with van der Waals surface area (Å²) in [5.41, 5.74) is 8.57. The van der Waals surface area contributed by atoms with E-state index in [-0.39, 0.29) is 16.9 Å². The Bertz CT molecular complexity index is 1390. The minimum absolute atomic E-state index is 0.0385. The average molecular weight is 422 g/mol. The third-order valence-corrected chi connectivity index (χ3v) is 5.65. The first-order valence-electron chi connectivity index (χ1n) is 10.2. The Kier molecular flexibility index (Phi) is 5.73. The van der Waals surface area contributed by atoms with Crippen LogP contribution >= 0.6 is 0 Å². The van der Waals surface area contributed by atoms with E-state index in [0.717, 1.165) is 23.0 Å². The lowest BCUT2D eigenvalue weighted by Gasteiger charge is -2.11. The van der Waals surface area contributed by atoms with Crippen LogP contribution in [0.25, 0.3) is 10.9 Å². The van der Waals surface area contributed by atoms with Crippen LogP contribution in [0.2, 0.25) is 0 Å². The molecule has 0 saturated carbocycles. The lowest BCUT2D eigenvalue weighted by molar-refractivity contribution is 0.0955. The smallest absolute Gasteiger partial charge is 0.271 e. The predicted octanol–water partition coefficient (Wildman–Crippen LogP) is 4.65. The van der Waals surface area contributed by atoms with Gasteiger partial charge in [0.05, 0.1) is 11.8 Å². The van der Waals surface area contributed by atoms with Crippen LogP contribution in [0.15, 0.2) is 72.0 Å². The number of aromatic hydroxyl groups is 1. The number of hydrogen-bond acceptors (Lipinski definition) is 4. The third-order valence-electron chi connectivity index (χ3n) is 5.65. The molecule has 0 unspecified atom stereocenters. The molecule has 6 nitrogen and oxygen atoms in total. The average Bonchev–Trinajstić information content (AvgIpc) is 3.21. The Morgan fingerprint density at radius 3 is 2.78 bits per heavy atom. The van der Waals surface area contributed by atoms with Crippen LogP contribution in [0, 0.1) is 25.2 Å². The van der Waals surface area contributed by atoms with Gasteiger partial charge in [0.15, 0.2) is 0 Å². The minimum atomic E-state index is -0.461. The van der Waals surface area contributed by atoms with E-state index in [1.807, 2.05) is 24.3 Å². The Morgan fingerprint density at radius 1 is 1.16 bits per heavy atom. The van der Waals surface area contributed by atoms with Crippen LogP contribution < -0.4 is 5.43 Å². The van der Waals surface area contributed by atoms with Crippen molar-refractivity contribution in [2.75, 3.05) is 0 Å². The second-order valence-corrected chi connectivity index (χ2v) is 7.63. The fourth-order valence-corrected chi connectivity index (χ4v) is 3.66. The fourth-order valence-electron chi connectivity index (χ4n) is 3.66. The van der Waals surface area contributed by atoms with Crippen molar-refractivity contribution >= 4 is 23.0 Å². The van der Waals surface area contributed by atoms with E-state index in [9.17, 15) is 9.90 Å². The van der Waals surface area contributed by atoms with Gasteiger partial charge in [-0.3, -0.25) is 4.79 Å². The second-order valence-electron chi connectivity index (χ2n) is 7.63. The van der Waals surface area contributed by atoms with Gasteiger partial charge in [-0.2, -0.15) is 10.4 Å². The normalized spacial score (nSPS) is 11.0. The van der Waals surface area contributed by atoms with Crippen molar-refractivity contribution in [1.29, 1.82) is 5.26 Å². The van der Waals surface area contributed by atoms with Crippen molar-refractivity contribution in [2.45, 2.75) is 20.4 Å². The highest BCUT2D eigenvalue weighted by atomic mass is 16.3. The standard InChI is InChI=1S/C26H22N4O2/c1-17-5-3-7-21(18(17)2)16-30-12-11-23-20(6-4-8-24(23)30)15-28-29-26(32)19-9-10-25(31)22(13-19)14-27/h3-13,15,31H,16H2,1-2H3,(H,29,32). The van der Waals surface area contributed by atoms with Gasteiger partial charge in [-0.25, -0.2) is 5.43 Å². The van der Waals surface area contributed by atoms with Gasteiger partial charge in [0.2, 0.25) is 0 Å². The number of rotatable bonds is 5. The van der Waals surface area contributed by atoms with Crippen molar-refractivity contribution in [3.8, 4) is 11.8 Å². The maximum atomic E-state index is 12.3. The molecule has 2 N–H and O–H groups in total. The number of fused-ring (bicyclic) bond motifs is 1. The van der Waals surface area contributed by atoms with Crippen molar-refractivity contribution in [2.24, 2.45) is 5.10 Å². The lowest BCUT2D eigenvalue weighted by atomic mass is 10.0. The number of phenols is 1. The predicted molar refractivity (Wildman–Crippen MR) is 125 cm³/mol. The van der Waals surface area contributed by atoms with Gasteiger partial charge in [0, 0.05) is 34.8 Å². The molecule has 32 heavy (non-hydrogen) atoms. The second kappa shape index (κ2) is 8.78. The van der Waals surface area contributed by atoms with Gasteiger partial charge < -0.3 is 9.67 Å². The van der Waals surface area contributed by atoms with E-state index in [4.69, 9.17) is 5.26 Å². The highest BCUT2D eigenvalue weighted by molar-refractivity contribution is 6.00. The zero-order valence-electron chi connectivity index (χ0n) is 17.8. The van der Waals surface area contributed by atoms with Crippen molar-refractivity contribution in [3.63, 3.8) is 0 Å². The molecule has 0 saturated heterocycles. The number of carbonyl (C=O) groups excluding carboxylic acids is 1. The van der Waals surface area contributed by atoms with Gasteiger partial charge in [-0.15, -0.1) is 0 Å². The van der Waals surface area contributed by atoms with Crippen LogP contribution in [0.1, 0.15) is 38.2 Å². The molecule has 0 radical (unpaired) electrons. The summed E-state index contributed by atoms with van der Waals surface area (Å²) in [6, 6.07) is 20.3. The number of benzene rings is 3. The summed E-state index contributed by atoms with van der Waals surface area (Å²) >= 11 is 0. The maximum Gasteiger partial charge on any atom is 0.271 e. The number of amides is 1. The zero-order chi connectivity index (χ0) is 22.7. The molecule has 0 fully saturated rings. The summed E-state index contributed by atoms with van der Waals surface area (Å²) in [5, 5.41) is 23.7. The van der Waals surface area contributed by atoms with Gasteiger partial charge in [0.1, 0.15) is 11.8 Å². The minimum Gasteiger partial charge on any atom is -0.507 e. The third kappa shape index (κ3) is 4.09. The number of hydrogen-bond donors (Lipinski definition) is 2. The van der Waals surface area contributed by atoms with E-state index >= 15 is 0 Å². The summed E-state index contributed by atoms with van der Waals surface area (Å²) < 4.78 is 2.20. The number of aryl methyl sites for hydroxylation is 1. The maximum absolute atomic E-state index is 12.3. The van der Waals surface area contributed by atoms with Crippen LogP contribution in [0.3, 0.4) is 0 Å². The fraction of sp³-hybridized carbons (Fsp3) is 0.115. The number of carbonyl (C=O) groups is 1. The molecule has 4 rings (SSSR count). The summed E-state index contributed by atoms with van der Waals surface area (Å²) in [6.45, 7) is 5.04. The molecule has 1 heterocycles. The molecular weight excluding hydrogens is 400 g/mol. The number of phenolic OH excluding ortho intramolecular Hbond substituents is 1. The summed E-state index contributed by atoms with van der Waals surface area (Å²) in [7, 11) is 0. The molecule has 0 spiro atoms. The number of hydrazone groups is 1. The largest absolute Gasteiger partial charge is 0.507 e. The quantitative estimate of drug-likeness (QED) is 0.362. The molecule has 1 amide bonds. The van der Waals surface area contributed by atoms with Crippen LogP contribution in [0.5, 0.6) is 5.75 Å². The number of nitriles is 1. The van der Waals surface area contributed by atoms with Crippen LogP contribution in [-0.2, 0) is 6.54 Å². The molecule has 0 atom stereocenters. The summed E-state index contributed by atoms with van der Waals surface area (Å²) in [4.78, 5) is 12.3. The molecule has 4 aromatic rings. The highest BCUT2D eigenvalue weighted by Gasteiger charge is 2.09. The van der Waals surface area contributed by atoms with Crippen LogP contribution in [0.4, 0.5) is 0 Å². The SMILES string of the molecule is Cc1cccc(Cn2ccc3c(C=NNC(=O)c4ccc(O)c(C#N)c4)cccc32)c1C. The van der Waals surface area contributed by atoms with Crippen LogP contribution in [-0.4, -0.2) is 21.8 Å². The number of nitrogens with zero attached hydrogens (tertiary/aromatic N) is 3. The highest BCUT2D eigenvalue weighted by Crippen LogP contribution is 2.22. The Hall–Kier alpha value is -4.37. The first kappa shape index (κ1) is 20.9. The van der Waals surface area contributed by atoms with Crippen molar-refractivity contribution in [1.82, 2.24) is 9.99 Å². The van der Waals surface area contributed by atoms with Gasteiger partial charge in [0.25, 0.3) is 5.91 Å². The summed E-state index contributed by atoms with van der Waals surface area (Å²) in [6.07, 6.45) is 3.66. The first-order valence-corrected chi connectivity index (χ1v) is 10.2. The lowest BCUT2D eigenvalue weighted by Crippen LogP contribution is -2.17.